The summed E-state index contributed by atoms with van der Waals surface area (Å²) in [6, 6.07) is 0. The highest BCUT2D eigenvalue weighted by Crippen LogP contribution is 2.17. The summed E-state index contributed by atoms with van der Waals surface area (Å²) in [5.41, 5.74) is 0. The van der Waals surface area contributed by atoms with Gasteiger partial charge in [-0.3, -0.25) is 0 Å². The number of hydrogen-bond donors (Lipinski definition) is 0. The first-order valence-electron chi connectivity index (χ1n) is 3.54. The van der Waals surface area contributed by atoms with Crippen LogP contribution in [-0.4, -0.2) is 11.0 Å². The van der Waals surface area contributed by atoms with Crippen LogP contribution in [0.1, 0.15) is 26.7 Å². The Morgan fingerprint density at radius 2 is 2.50 bits per heavy atom. The largest absolute Gasteiger partial charge is 0.490 e. The average molecular weight is 156 g/mol. The molecule has 1 aliphatic rings. The van der Waals surface area contributed by atoms with Gasteiger partial charge < -0.3 is 4.74 Å². The van der Waals surface area contributed by atoms with Crippen LogP contribution in [0, 0.1) is 0 Å². The maximum atomic E-state index is 5.47. The molecular weight excluding hydrogens is 144 g/mol. The highest BCUT2D eigenvalue weighted by Gasteiger charge is 2.14. The molecule has 2 heteroatoms. The first-order chi connectivity index (χ1) is 4.70. The zero-order chi connectivity index (χ0) is 7.56. The SMILES string of the molecule is CC(=S)C1CCC=C(C)O1. The Bertz CT molecular complexity index is 172. The topological polar surface area (TPSA) is 9.23 Å². The Morgan fingerprint density at radius 1 is 1.80 bits per heavy atom. The summed E-state index contributed by atoms with van der Waals surface area (Å²) < 4.78 is 5.47. The van der Waals surface area contributed by atoms with Gasteiger partial charge in [-0.05, 0) is 32.8 Å². The Hall–Kier alpha value is -0.370. The average Bonchev–Trinajstić information content (AvgIpc) is 1.88. The van der Waals surface area contributed by atoms with E-state index in [1.165, 1.54) is 0 Å². The summed E-state index contributed by atoms with van der Waals surface area (Å²) in [6.07, 6.45) is 4.45. The molecule has 0 aromatic rings. The van der Waals surface area contributed by atoms with Crippen molar-refractivity contribution >= 4 is 17.1 Å². The van der Waals surface area contributed by atoms with Gasteiger partial charge in [-0.25, -0.2) is 0 Å². The van der Waals surface area contributed by atoms with Gasteiger partial charge in [0.15, 0.2) is 0 Å². The van der Waals surface area contributed by atoms with E-state index in [4.69, 9.17) is 17.0 Å². The molecule has 10 heavy (non-hydrogen) atoms. The summed E-state index contributed by atoms with van der Waals surface area (Å²) in [5, 5.41) is 0. The smallest absolute Gasteiger partial charge is 0.129 e. The maximum absolute atomic E-state index is 5.47. The summed E-state index contributed by atoms with van der Waals surface area (Å²) in [6.45, 7) is 3.92. The van der Waals surface area contributed by atoms with Crippen molar-refractivity contribution in [1.29, 1.82) is 0 Å². The lowest BCUT2D eigenvalue weighted by atomic mass is 10.1. The van der Waals surface area contributed by atoms with Gasteiger partial charge in [0.25, 0.3) is 0 Å². The minimum absolute atomic E-state index is 0.194. The van der Waals surface area contributed by atoms with E-state index in [0.717, 1.165) is 23.5 Å². The third kappa shape index (κ3) is 1.81. The van der Waals surface area contributed by atoms with E-state index in [1.54, 1.807) is 0 Å². The number of thiocarbonyl (C=S) groups is 1. The van der Waals surface area contributed by atoms with E-state index < -0.39 is 0 Å². The predicted octanol–water partition coefficient (Wildman–Crippen LogP) is 2.46. The van der Waals surface area contributed by atoms with Gasteiger partial charge in [0.1, 0.15) is 6.10 Å². The molecule has 0 amide bonds. The summed E-state index contributed by atoms with van der Waals surface area (Å²) in [4.78, 5) is 0.965. The summed E-state index contributed by atoms with van der Waals surface area (Å²) in [5.74, 6) is 1.01. The molecule has 1 atom stereocenters. The zero-order valence-electron chi connectivity index (χ0n) is 6.39. The summed E-state index contributed by atoms with van der Waals surface area (Å²) in [7, 11) is 0. The molecule has 0 N–H and O–H groups in total. The summed E-state index contributed by atoms with van der Waals surface area (Å²) >= 11 is 5.02. The van der Waals surface area contributed by atoms with Crippen molar-refractivity contribution in [2.45, 2.75) is 32.8 Å². The van der Waals surface area contributed by atoms with E-state index in [-0.39, 0.29) is 6.10 Å². The van der Waals surface area contributed by atoms with E-state index in [2.05, 4.69) is 6.08 Å². The van der Waals surface area contributed by atoms with Crippen molar-refractivity contribution in [3.8, 4) is 0 Å². The second-order valence-corrected chi connectivity index (χ2v) is 3.25. The Kier molecular flexibility index (Phi) is 2.44. The van der Waals surface area contributed by atoms with E-state index in [0.29, 0.717) is 0 Å². The van der Waals surface area contributed by atoms with Crippen LogP contribution in [0.5, 0.6) is 0 Å². The molecule has 0 aromatic heterocycles. The molecule has 56 valence electrons. The van der Waals surface area contributed by atoms with Crippen molar-refractivity contribution in [3.63, 3.8) is 0 Å². The van der Waals surface area contributed by atoms with Crippen molar-refractivity contribution in [3.05, 3.63) is 11.8 Å². The Morgan fingerprint density at radius 3 is 2.90 bits per heavy atom. The molecule has 1 nitrogen and oxygen atoms in total. The fraction of sp³-hybridized carbons (Fsp3) is 0.625. The minimum atomic E-state index is 0.194. The van der Waals surface area contributed by atoms with Gasteiger partial charge in [-0.15, -0.1) is 0 Å². The monoisotopic (exact) mass is 156 g/mol. The normalized spacial score (nSPS) is 25.0. The molecule has 0 aliphatic carbocycles. The van der Waals surface area contributed by atoms with Crippen LogP contribution in [0.15, 0.2) is 11.8 Å². The lowest BCUT2D eigenvalue weighted by Gasteiger charge is -2.21. The van der Waals surface area contributed by atoms with Gasteiger partial charge in [0, 0.05) is 4.86 Å². The van der Waals surface area contributed by atoms with Crippen molar-refractivity contribution in [1.82, 2.24) is 0 Å². The third-order valence-corrected chi connectivity index (χ3v) is 1.91. The van der Waals surface area contributed by atoms with Gasteiger partial charge in [-0.1, -0.05) is 12.2 Å². The highest BCUT2D eigenvalue weighted by molar-refractivity contribution is 7.80. The van der Waals surface area contributed by atoms with Crippen molar-refractivity contribution in [2.75, 3.05) is 0 Å². The van der Waals surface area contributed by atoms with Crippen LogP contribution in [0.2, 0.25) is 0 Å². The molecule has 0 saturated carbocycles. The Balaban J connectivity index is 2.53. The van der Waals surface area contributed by atoms with Gasteiger partial charge in [0.05, 0.1) is 5.76 Å². The fourth-order valence-corrected chi connectivity index (χ4v) is 1.22. The number of ether oxygens (including phenoxy) is 1. The molecule has 0 bridgehead atoms. The van der Waals surface area contributed by atoms with Crippen molar-refractivity contribution < 1.29 is 4.74 Å². The number of rotatable bonds is 1. The van der Waals surface area contributed by atoms with Crippen LogP contribution < -0.4 is 0 Å². The molecular formula is C8H12OS. The molecule has 0 spiro atoms. The molecule has 0 radical (unpaired) electrons. The molecule has 0 saturated heterocycles. The predicted molar refractivity (Wildman–Crippen MR) is 46.1 cm³/mol. The molecule has 1 heterocycles. The van der Waals surface area contributed by atoms with Crippen LogP contribution in [0.4, 0.5) is 0 Å². The van der Waals surface area contributed by atoms with Crippen LogP contribution in [0.3, 0.4) is 0 Å². The Labute approximate surface area is 67.1 Å². The molecule has 1 aliphatic heterocycles. The van der Waals surface area contributed by atoms with E-state index in [9.17, 15) is 0 Å². The number of hydrogen-bond acceptors (Lipinski definition) is 2. The number of allylic oxidation sites excluding steroid dienone is 2. The standard InChI is InChI=1S/C8H12OS/c1-6-4-3-5-8(9-6)7(2)10/h4,8H,3,5H2,1-2H3. The third-order valence-electron chi connectivity index (χ3n) is 1.64. The van der Waals surface area contributed by atoms with Gasteiger partial charge in [0.2, 0.25) is 0 Å². The van der Waals surface area contributed by atoms with E-state index in [1.807, 2.05) is 13.8 Å². The van der Waals surface area contributed by atoms with Crippen LogP contribution in [0.25, 0.3) is 0 Å². The highest BCUT2D eigenvalue weighted by atomic mass is 32.1. The lowest BCUT2D eigenvalue weighted by molar-refractivity contribution is 0.151. The molecule has 0 fully saturated rings. The van der Waals surface area contributed by atoms with Crippen LogP contribution in [-0.2, 0) is 4.74 Å². The second kappa shape index (κ2) is 3.15. The molecule has 0 aromatic carbocycles. The second-order valence-electron chi connectivity index (χ2n) is 2.61. The quantitative estimate of drug-likeness (QED) is 0.539. The first kappa shape index (κ1) is 7.73. The van der Waals surface area contributed by atoms with Gasteiger partial charge >= 0.3 is 0 Å². The lowest BCUT2D eigenvalue weighted by Crippen LogP contribution is -2.21. The van der Waals surface area contributed by atoms with E-state index >= 15 is 0 Å². The zero-order valence-corrected chi connectivity index (χ0v) is 7.20. The first-order valence-corrected chi connectivity index (χ1v) is 3.95. The van der Waals surface area contributed by atoms with Crippen molar-refractivity contribution in [2.24, 2.45) is 0 Å². The fourth-order valence-electron chi connectivity index (χ4n) is 1.06. The minimum Gasteiger partial charge on any atom is -0.490 e. The molecule has 1 unspecified atom stereocenters. The van der Waals surface area contributed by atoms with Gasteiger partial charge in [-0.2, -0.15) is 0 Å². The molecule has 1 rings (SSSR count). The van der Waals surface area contributed by atoms with Crippen LogP contribution >= 0.6 is 12.2 Å². The maximum Gasteiger partial charge on any atom is 0.129 e.